The van der Waals surface area contributed by atoms with Crippen molar-refractivity contribution in [1.29, 1.82) is 0 Å². The zero-order valence-electron chi connectivity index (χ0n) is 30.3. The molecule has 4 heteroatoms. The summed E-state index contributed by atoms with van der Waals surface area (Å²) in [5.41, 5.74) is 11.0. The number of aromatic nitrogens is 4. The summed E-state index contributed by atoms with van der Waals surface area (Å²) >= 11 is 0. The number of para-hydroxylation sites is 3. The smallest absolute Gasteiger partial charge is 0.235 e. The average Bonchev–Trinajstić information content (AvgIpc) is 3.80. The molecule has 3 heterocycles. The molecule has 0 aliphatic heterocycles. The van der Waals surface area contributed by atoms with Crippen molar-refractivity contribution in [3.05, 3.63) is 194 Å². The van der Waals surface area contributed by atoms with Crippen molar-refractivity contribution in [2.45, 2.75) is 0 Å². The molecule has 0 N–H and O–H groups in total. The maximum absolute atomic E-state index is 5.41. The van der Waals surface area contributed by atoms with E-state index in [1.807, 2.05) is 0 Å². The third-order valence-corrected chi connectivity index (χ3v) is 11.5. The van der Waals surface area contributed by atoms with Crippen molar-refractivity contribution < 1.29 is 0 Å². The lowest BCUT2D eigenvalue weighted by Crippen LogP contribution is -2.03. The topological polar surface area (TPSA) is 35.6 Å². The standard InChI is InChI=1S/C52H32N4/c1-2-13-33(14-3-1)35-16-12-17-37(31-35)50-43-20-6-9-22-45(43)53-52(54-50)56-47-24-11-8-21-44(47)49-39-29-27-38(32-36(39)26-30-48(49)56)55-46-23-10-7-19-41(46)42-28-25-34-15-4-5-18-40(34)51(42)55/h1-32H. The lowest BCUT2D eigenvalue weighted by atomic mass is 10.00. The molecule has 4 nitrogen and oxygen atoms in total. The third-order valence-electron chi connectivity index (χ3n) is 11.5. The highest BCUT2D eigenvalue weighted by Crippen LogP contribution is 2.41. The summed E-state index contributed by atoms with van der Waals surface area (Å²) in [6.45, 7) is 0. The first-order valence-corrected chi connectivity index (χ1v) is 19.1. The molecule has 0 spiro atoms. The van der Waals surface area contributed by atoms with Crippen molar-refractivity contribution in [2.24, 2.45) is 0 Å². The Labute approximate surface area is 322 Å². The fraction of sp³-hybridized carbons (Fsp3) is 0. The van der Waals surface area contributed by atoms with E-state index in [0.29, 0.717) is 5.95 Å². The molecule has 0 radical (unpaired) electrons. The van der Waals surface area contributed by atoms with Gasteiger partial charge in [-0.3, -0.25) is 4.57 Å². The van der Waals surface area contributed by atoms with E-state index in [2.05, 4.69) is 203 Å². The highest BCUT2D eigenvalue weighted by molar-refractivity contribution is 6.22. The van der Waals surface area contributed by atoms with Crippen LogP contribution in [0.25, 0.3) is 110 Å². The second-order valence-corrected chi connectivity index (χ2v) is 14.6. The van der Waals surface area contributed by atoms with E-state index in [-0.39, 0.29) is 0 Å². The molecule has 0 unspecified atom stereocenters. The Morgan fingerprint density at radius 1 is 0.339 bits per heavy atom. The van der Waals surface area contributed by atoms with Crippen LogP contribution in [-0.2, 0) is 0 Å². The van der Waals surface area contributed by atoms with E-state index in [1.54, 1.807) is 0 Å². The molecule has 12 rings (SSSR count). The Morgan fingerprint density at radius 3 is 1.88 bits per heavy atom. The second-order valence-electron chi connectivity index (χ2n) is 14.6. The molecule has 3 aromatic heterocycles. The third kappa shape index (κ3) is 4.53. The minimum atomic E-state index is 0.656. The molecule has 0 amide bonds. The highest BCUT2D eigenvalue weighted by atomic mass is 15.2. The Morgan fingerprint density at radius 2 is 1.00 bits per heavy atom. The molecule has 12 aromatic rings. The maximum atomic E-state index is 5.41. The summed E-state index contributed by atoms with van der Waals surface area (Å²) in [4.78, 5) is 10.7. The molecule has 260 valence electrons. The number of nitrogens with zero attached hydrogens (tertiary/aromatic N) is 4. The van der Waals surface area contributed by atoms with E-state index >= 15 is 0 Å². The normalized spacial score (nSPS) is 11.9. The van der Waals surface area contributed by atoms with Gasteiger partial charge in [0.2, 0.25) is 5.95 Å². The summed E-state index contributed by atoms with van der Waals surface area (Å²) in [6, 6.07) is 69.6. The zero-order valence-corrected chi connectivity index (χ0v) is 30.3. The van der Waals surface area contributed by atoms with E-state index in [4.69, 9.17) is 9.97 Å². The van der Waals surface area contributed by atoms with Gasteiger partial charge in [-0.2, -0.15) is 0 Å². The van der Waals surface area contributed by atoms with Gasteiger partial charge in [-0.25, -0.2) is 9.97 Å². The van der Waals surface area contributed by atoms with Gasteiger partial charge in [0.1, 0.15) is 0 Å². The van der Waals surface area contributed by atoms with Crippen LogP contribution < -0.4 is 0 Å². The summed E-state index contributed by atoms with van der Waals surface area (Å²) in [6.07, 6.45) is 0. The Bertz CT molecular complexity index is 3540. The van der Waals surface area contributed by atoms with Crippen molar-refractivity contribution in [2.75, 3.05) is 0 Å². The molecule has 56 heavy (non-hydrogen) atoms. The summed E-state index contributed by atoms with van der Waals surface area (Å²) in [7, 11) is 0. The van der Waals surface area contributed by atoms with Gasteiger partial charge in [-0.15, -0.1) is 0 Å². The SMILES string of the molecule is c1ccc(-c2cccc(-c3nc(-n4c5ccccc5c5c6ccc(-n7c8ccccc8c8ccc9ccccc9c87)cc6ccc54)nc4ccccc34)c2)cc1. The van der Waals surface area contributed by atoms with E-state index in [1.165, 1.54) is 59.7 Å². The minimum absolute atomic E-state index is 0.656. The largest absolute Gasteiger partial charge is 0.309 e. The lowest BCUT2D eigenvalue weighted by Gasteiger charge is -2.13. The van der Waals surface area contributed by atoms with E-state index < -0.39 is 0 Å². The van der Waals surface area contributed by atoms with E-state index in [0.717, 1.165) is 44.4 Å². The van der Waals surface area contributed by atoms with Crippen molar-refractivity contribution in [3.8, 4) is 34.0 Å². The number of hydrogen-bond donors (Lipinski definition) is 0. The molecule has 0 bridgehead atoms. The highest BCUT2D eigenvalue weighted by Gasteiger charge is 2.20. The fourth-order valence-corrected chi connectivity index (χ4v) is 9.00. The van der Waals surface area contributed by atoms with E-state index in [9.17, 15) is 0 Å². The number of rotatable bonds is 4. The second kappa shape index (κ2) is 12.0. The zero-order chi connectivity index (χ0) is 36.7. The van der Waals surface area contributed by atoms with Gasteiger partial charge >= 0.3 is 0 Å². The van der Waals surface area contributed by atoms with Crippen molar-refractivity contribution in [3.63, 3.8) is 0 Å². The van der Waals surface area contributed by atoms with Crippen LogP contribution in [0.5, 0.6) is 0 Å². The molecule has 0 aliphatic carbocycles. The quantitative estimate of drug-likeness (QED) is 0.182. The monoisotopic (exact) mass is 712 g/mol. The molecule has 0 saturated heterocycles. The first kappa shape index (κ1) is 30.9. The van der Waals surface area contributed by atoms with Crippen molar-refractivity contribution >= 4 is 76.1 Å². The summed E-state index contributed by atoms with van der Waals surface area (Å²) < 4.78 is 4.69. The molecule has 9 aromatic carbocycles. The fourth-order valence-electron chi connectivity index (χ4n) is 9.00. The van der Waals surface area contributed by atoms with Crippen LogP contribution in [0.1, 0.15) is 0 Å². The Kier molecular flexibility index (Phi) is 6.60. The van der Waals surface area contributed by atoms with Gasteiger partial charge in [0.25, 0.3) is 0 Å². The van der Waals surface area contributed by atoms with Gasteiger partial charge in [0, 0.05) is 43.6 Å². The van der Waals surface area contributed by atoms with Gasteiger partial charge in [0.15, 0.2) is 0 Å². The summed E-state index contributed by atoms with van der Waals surface area (Å²) in [5, 5.41) is 10.8. The van der Waals surface area contributed by atoms with Gasteiger partial charge < -0.3 is 4.57 Å². The molecular formula is C52H32N4. The average molecular weight is 713 g/mol. The lowest BCUT2D eigenvalue weighted by molar-refractivity contribution is 1.01. The van der Waals surface area contributed by atoms with Crippen LogP contribution in [0.15, 0.2) is 194 Å². The van der Waals surface area contributed by atoms with Crippen molar-refractivity contribution in [1.82, 2.24) is 19.1 Å². The van der Waals surface area contributed by atoms with Gasteiger partial charge in [-0.05, 0) is 69.8 Å². The van der Waals surface area contributed by atoms with Crippen LogP contribution in [0.4, 0.5) is 0 Å². The van der Waals surface area contributed by atoms with Crippen LogP contribution in [0, 0.1) is 0 Å². The van der Waals surface area contributed by atoms with Crippen LogP contribution in [-0.4, -0.2) is 19.1 Å². The number of benzene rings is 9. The van der Waals surface area contributed by atoms with Crippen LogP contribution >= 0.6 is 0 Å². The molecular weight excluding hydrogens is 681 g/mol. The molecule has 0 atom stereocenters. The van der Waals surface area contributed by atoms with Gasteiger partial charge in [0.05, 0.1) is 33.3 Å². The van der Waals surface area contributed by atoms with Crippen LogP contribution in [0.2, 0.25) is 0 Å². The summed E-state index contributed by atoms with van der Waals surface area (Å²) in [5.74, 6) is 0.656. The molecule has 0 saturated carbocycles. The molecule has 0 fully saturated rings. The van der Waals surface area contributed by atoms with Gasteiger partial charge in [-0.1, -0.05) is 152 Å². The first-order valence-electron chi connectivity index (χ1n) is 19.1. The minimum Gasteiger partial charge on any atom is -0.309 e. The Hall–Kier alpha value is -7.56. The molecule has 0 aliphatic rings. The number of fused-ring (bicyclic) bond motifs is 11. The predicted molar refractivity (Wildman–Crippen MR) is 234 cm³/mol. The maximum Gasteiger partial charge on any atom is 0.235 e. The van der Waals surface area contributed by atoms with Crippen LogP contribution in [0.3, 0.4) is 0 Å². The first-order chi connectivity index (χ1) is 27.8. The predicted octanol–water partition coefficient (Wildman–Crippen LogP) is 13.5. The number of hydrogen-bond acceptors (Lipinski definition) is 2. The Balaban J connectivity index is 1.09.